The first kappa shape index (κ1) is 30.1. The molecule has 0 saturated heterocycles. The van der Waals surface area contributed by atoms with Crippen LogP contribution in [-0.4, -0.2) is 49.2 Å². The molecular weight excluding hydrogens is 390 g/mol. The molecule has 30 heavy (non-hydrogen) atoms. The molecule has 0 aliphatic carbocycles. The number of hydrogen-bond donors (Lipinski definition) is 1. The van der Waals surface area contributed by atoms with Crippen LogP contribution in [0.25, 0.3) is 0 Å². The highest BCUT2D eigenvalue weighted by atomic mass is 16.6. The van der Waals surface area contributed by atoms with Crippen LogP contribution in [0.5, 0.6) is 0 Å². The second-order valence-electron chi connectivity index (χ2n) is 9.70. The Kier molecular flexibility index (Phi) is 13.3. The summed E-state index contributed by atoms with van der Waals surface area (Å²) >= 11 is 0. The van der Waals surface area contributed by atoms with Gasteiger partial charge in [-0.1, -0.05) is 34.6 Å². The third-order valence-electron chi connectivity index (χ3n) is 3.39. The molecule has 0 rings (SSSR count). The fourth-order valence-corrected chi connectivity index (χ4v) is 2.05. The van der Waals surface area contributed by atoms with Crippen molar-refractivity contribution in [3.8, 4) is 0 Å². The number of esters is 2. The highest BCUT2D eigenvalue weighted by molar-refractivity contribution is 6.06. The Bertz CT molecular complexity index is 572. The quantitative estimate of drug-likeness (QED) is 0.353. The topological polar surface area (TPSA) is 108 Å². The van der Waals surface area contributed by atoms with Gasteiger partial charge in [-0.05, 0) is 52.9 Å². The van der Waals surface area contributed by atoms with Crippen LogP contribution in [0.2, 0.25) is 0 Å². The maximum absolute atomic E-state index is 12.9. The van der Waals surface area contributed by atoms with Crippen molar-refractivity contribution in [2.24, 2.45) is 17.3 Å². The number of rotatable bonds is 8. The van der Waals surface area contributed by atoms with Gasteiger partial charge in [0.25, 0.3) is 0 Å². The number of alkyl carbamates (subject to hydrolysis) is 1. The second kappa shape index (κ2) is 13.2. The molecule has 0 radical (unpaired) electrons. The summed E-state index contributed by atoms with van der Waals surface area (Å²) in [6, 6.07) is -0.925. The molecule has 176 valence electrons. The van der Waals surface area contributed by atoms with E-state index < -0.39 is 47.5 Å². The van der Waals surface area contributed by atoms with E-state index in [4.69, 9.17) is 9.47 Å². The maximum Gasteiger partial charge on any atom is 0.408 e. The minimum atomic E-state index is -1.55. The number of ether oxygens (including phenoxy) is 3. The van der Waals surface area contributed by atoms with Crippen LogP contribution >= 0.6 is 0 Å². The summed E-state index contributed by atoms with van der Waals surface area (Å²) in [5.74, 6) is -1.20. The first-order valence-electron chi connectivity index (χ1n) is 10.2. The van der Waals surface area contributed by atoms with Crippen molar-refractivity contribution in [3.05, 3.63) is 0 Å². The minimum absolute atomic E-state index is 0.0841. The molecule has 0 fully saturated rings. The Morgan fingerprint density at radius 2 is 1.37 bits per heavy atom. The number of ketones is 1. The average Bonchev–Trinajstić information content (AvgIpc) is 2.55. The van der Waals surface area contributed by atoms with Gasteiger partial charge in [0.1, 0.15) is 11.0 Å². The predicted octanol–water partition coefficient (Wildman–Crippen LogP) is 3.90. The Morgan fingerprint density at radius 1 is 0.900 bits per heavy atom. The van der Waals surface area contributed by atoms with Gasteiger partial charge in [-0.2, -0.15) is 0 Å². The molecule has 0 bridgehead atoms. The lowest BCUT2D eigenvalue weighted by Gasteiger charge is -2.29. The predicted molar refractivity (Wildman–Crippen MR) is 115 cm³/mol. The average molecular weight is 432 g/mol. The molecular formula is C22H41NO7. The summed E-state index contributed by atoms with van der Waals surface area (Å²) in [4.78, 5) is 48.3. The van der Waals surface area contributed by atoms with Crippen LogP contribution in [-0.2, 0) is 28.6 Å². The number of nitrogens with one attached hydrogen (secondary N) is 1. The van der Waals surface area contributed by atoms with Crippen molar-refractivity contribution in [1.29, 1.82) is 0 Å². The molecule has 1 amide bonds. The zero-order chi connectivity index (χ0) is 24.3. The Balaban J connectivity index is 0. The summed E-state index contributed by atoms with van der Waals surface area (Å²) in [5.41, 5.74) is -2.27. The van der Waals surface area contributed by atoms with Crippen LogP contribution in [0, 0.1) is 17.3 Å². The molecule has 0 unspecified atom stereocenters. The molecule has 0 spiro atoms. The number of methoxy groups -OCH3 is 1. The molecule has 0 aromatic heterocycles. The Morgan fingerprint density at radius 3 is 1.73 bits per heavy atom. The number of amides is 1. The standard InChI is InChI=1S/C18H31NO7.C4H10/c1-11(2)9-12(19-16(23)26-17(3,4)5)14(21)18(6,7)15(22)25-10-13(20)24-8;1-4(2)3/h11-12H,9-10H2,1-8H3,(H,19,23);4H,1-3H3/t12-;/m0./s1. The molecule has 0 aliphatic rings. The van der Waals surface area contributed by atoms with Crippen molar-refractivity contribution in [2.75, 3.05) is 13.7 Å². The highest BCUT2D eigenvalue weighted by Gasteiger charge is 2.42. The molecule has 8 nitrogen and oxygen atoms in total. The number of carbonyl (C=O) groups excluding carboxylic acids is 4. The molecule has 0 aliphatic heterocycles. The molecule has 0 aromatic rings. The van der Waals surface area contributed by atoms with Crippen LogP contribution in [0.15, 0.2) is 0 Å². The third kappa shape index (κ3) is 14.0. The SMILES string of the molecule is CC(C)C.COC(=O)COC(=O)C(C)(C)C(=O)[C@H](CC(C)C)NC(=O)OC(C)(C)C. The van der Waals surface area contributed by atoms with Crippen LogP contribution in [0.3, 0.4) is 0 Å². The molecule has 0 heterocycles. The molecule has 0 saturated carbocycles. The van der Waals surface area contributed by atoms with Crippen LogP contribution < -0.4 is 5.32 Å². The monoisotopic (exact) mass is 431 g/mol. The van der Waals surface area contributed by atoms with Gasteiger partial charge >= 0.3 is 18.0 Å². The molecule has 1 atom stereocenters. The number of hydrogen-bond acceptors (Lipinski definition) is 7. The van der Waals surface area contributed by atoms with E-state index in [2.05, 4.69) is 30.8 Å². The van der Waals surface area contributed by atoms with Crippen molar-refractivity contribution in [1.82, 2.24) is 5.32 Å². The smallest absolute Gasteiger partial charge is 0.408 e. The fourth-order valence-electron chi connectivity index (χ4n) is 2.05. The molecule has 1 N–H and O–H groups in total. The van der Waals surface area contributed by atoms with Gasteiger partial charge < -0.3 is 19.5 Å². The van der Waals surface area contributed by atoms with E-state index in [-0.39, 0.29) is 5.92 Å². The van der Waals surface area contributed by atoms with Gasteiger partial charge in [0.2, 0.25) is 0 Å². The van der Waals surface area contributed by atoms with E-state index in [0.717, 1.165) is 13.0 Å². The van der Waals surface area contributed by atoms with E-state index in [0.29, 0.717) is 6.42 Å². The van der Waals surface area contributed by atoms with E-state index >= 15 is 0 Å². The molecule has 8 heteroatoms. The lowest BCUT2D eigenvalue weighted by atomic mass is 9.82. The second-order valence-corrected chi connectivity index (χ2v) is 9.70. The van der Waals surface area contributed by atoms with Gasteiger partial charge in [-0.15, -0.1) is 0 Å². The number of Topliss-reactive ketones (excluding diaryl/α,β-unsaturated/α-hetero) is 1. The maximum atomic E-state index is 12.9. The first-order valence-corrected chi connectivity index (χ1v) is 10.2. The third-order valence-corrected chi connectivity index (χ3v) is 3.39. The minimum Gasteiger partial charge on any atom is -0.466 e. The highest BCUT2D eigenvalue weighted by Crippen LogP contribution is 2.24. The van der Waals surface area contributed by atoms with Crippen molar-refractivity contribution >= 4 is 23.8 Å². The van der Waals surface area contributed by atoms with Gasteiger partial charge in [0.05, 0.1) is 13.2 Å². The van der Waals surface area contributed by atoms with Crippen molar-refractivity contribution < 1.29 is 33.4 Å². The van der Waals surface area contributed by atoms with E-state index in [9.17, 15) is 19.2 Å². The fraction of sp³-hybridized carbons (Fsp3) is 0.818. The van der Waals surface area contributed by atoms with Crippen LogP contribution in [0.4, 0.5) is 4.79 Å². The van der Waals surface area contributed by atoms with Gasteiger partial charge in [-0.25, -0.2) is 9.59 Å². The summed E-state index contributed by atoms with van der Waals surface area (Å²) < 4.78 is 14.4. The van der Waals surface area contributed by atoms with E-state index in [1.807, 2.05) is 13.8 Å². The molecule has 0 aromatic carbocycles. The summed E-state index contributed by atoms with van der Waals surface area (Å²) in [7, 11) is 1.16. The zero-order valence-corrected chi connectivity index (χ0v) is 20.5. The zero-order valence-electron chi connectivity index (χ0n) is 20.5. The summed E-state index contributed by atoms with van der Waals surface area (Å²) in [5, 5.41) is 2.53. The summed E-state index contributed by atoms with van der Waals surface area (Å²) in [6.07, 6.45) is -0.415. The Hall–Kier alpha value is -2.12. The van der Waals surface area contributed by atoms with Gasteiger partial charge in [-0.3, -0.25) is 9.59 Å². The van der Waals surface area contributed by atoms with E-state index in [1.54, 1.807) is 20.8 Å². The van der Waals surface area contributed by atoms with Crippen molar-refractivity contribution in [3.63, 3.8) is 0 Å². The lowest BCUT2D eigenvalue weighted by Crippen LogP contribution is -2.51. The summed E-state index contributed by atoms with van der Waals surface area (Å²) in [6.45, 7) is 17.6. The van der Waals surface area contributed by atoms with E-state index in [1.165, 1.54) is 13.8 Å². The van der Waals surface area contributed by atoms with Gasteiger partial charge in [0.15, 0.2) is 12.4 Å². The largest absolute Gasteiger partial charge is 0.466 e. The Labute approximate surface area is 181 Å². The normalized spacial score (nSPS) is 12.4. The van der Waals surface area contributed by atoms with Crippen molar-refractivity contribution in [2.45, 2.75) is 87.3 Å². The number of carbonyl (C=O) groups is 4. The first-order chi connectivity index (χ1) is 13.4. The van der Waals surface area contributed by atoms with Gasteiger partial charge in [0, 0.05) is 0 Å². The van der Waals surface area contributed by atoms with Crippen LogP contribution in [0.1, 0.15) is 75.7 Å². The lowest BCUT2D eigenvalue weighted by molar-refractivity contribution is -0.166.